The Balaban J connectivity index is 2.84. The van der Waals surface area contributed by atoms with Crippen LogP contribution >= 0.6 is 0 Å². The van der Waals surface area contributed by atoms with E-state index in [1.807, 2.05) is 20.8 Å². The molecule has 1 unspecified atom stereocenters. The molecule has 0 fully saturated rings. The molecule has 1 atom stereocenters. The molecule has 1 rings (SSSR count). The quantitative estimate of drug-likeness (QED) is 0.581. The number of nitrogens with zero attached hydrogens (tertiary/aromatic N) is 1. The maximum atomic E-state index is 12.3. The SMILES string of the molecule is Cc1ccc([N+](=O)[O-])cc1C(=O)NC(CCOC(C)(C)C)C(=O)O. The Morgan fingerprint density at radius 2 is 2.00 bits per heavy atom. The number of non-ortho nitro benzene ring substituents is 1. The van der Waals surface area contributed by atoms with Crippen molar-refractivity contribution in [3.05, 3.63) is 39.4 Å². The fourth-order valence-electron chi connectivity index (χ4n) is 1.94. The Hall–Kier alpha value is -2.48. The third-order valence-electron chi connectivity index (χ3n) is 3.22. The number of nitro groups is 1. The van der Waals surface area contributed by atoms with Crippen molar-refractivity contribution in [2.24, 2.45) is 0 Å². The summed E-state index contributed by atoms with van der Waals surface area (Å²) in [5.74, 6) is -1.86. The number of carbonyl (C=O) groups is 2. The van der Waals surface area contributed by atoms with E-state index in [2.05, 4.69) is 5.32 Å². The fourth-order valence-corrected chi connectivity index (χ4v) is 1.94. The first-order chi connectivity index (χ1) is 11.0. The van der Waals surface area contributed by atoms with Crippen molar-refractivity contribution in [2.45, 2.75) is 45.8 Å². The molecule has 0 heterocycles. The standard InChI is InChI=1S/C16H22N2O6/c1-10-5-6-11(18(22)23)9-12(10)14(19)17-13(15(20)21)7-8-24-16(2,3)4/h5-6,9,13H,7-8H2,1-4H3,(H,17,19)(H,20,21). The van der Waals surface area contributed by atoms with E-state index in [-0.39, 0.29) is 24.3 Å². The number of carboxylic acids is 1. The number of hydrogen-bond donors (Lipinski definition) is 2. The van der Waals surface area contributed by atoms with Gasteiger partial charge in [0.2, 0.25) is 0 Å². The first kappa shape index (κ1) is 19.6. The van der Waals surface area contributed by atoms with Crippen LogP contribution in [0.2, 0.25) is 0 Å². The zero-order valence-corrected chi connectivity index (χ0v) is 14.2. The number of benzene rings is 1. The smallest absolute Gasteiger partial charge is 0.326 e. The Morgan fingerprint density at radius 1 is 1.38 bits per heavy atom. The van der Waals surface area contributed by atoms with Gasteiger partial charge in [-0.05, 0) is 33.3 Å². The average Bonchev–Trinajstić information content (AvgIpc) is 2.44. The number of rotatable bonds is 7. The van der Waals surface area contributed by atoms with Gasteiger partial charge in [0.25, 0.3) is 11.6 Å². The summed E-state index contributed by atoms with van der Waals surface area (Å²) in [6, 6.07) is 2.73. The highest BCUT2D eigenvalue weighted by molar-refractivity contribution is 5.98. The van der Waals surface area contributed by atoms with Gasteiger partial charge in [-0.2, -0.15) is 0 Å². The maximum Gasteiger partial charge on any atom is 0.326 e. The minimum absolute atomic E-state index is 0.0761. The van der Waals surface area contributed by atoms with Crippen molar-refractivity contribution in [1.82, 2.24) is 5.32 Å². The van der Waals surface area contributed by atoms with E-state index in [0.717, 1.165) is 6.07 Å². The van der Waals surface area contributed by atoms with E-state index in [4.69, 9.17) is 4.74 Å². The largest absolute Gasteiger partial charge is 0.480 e. The second-order valence-electron chi connectivity index (χ2n) is 6.37. The van der Waals surface area contributed by atoms with Crippen LogP contribution in [0.3, 0.4) is 0 Å². The number of amides is 1. The van der Waals surface area contributed by atoms with E-state index in [9.17, 15) is 24.8 Å². The minimum Gasteiger partial charge on any atom is -0.480 e. The van der Waals surface area contributed by atoms with Gasteiger partial charge in [-0.3, -0.25) is 14.9 Å². The molecule has 132 valence electrons. The van der Waals surface area contributed by atoms with Crippen molar-refractivity contribution < 1.29 is 24.4 Å². The van der Waals surface area contributed by atoms with Crippen molar-refractivity contribution in [3.63, 3.8) is 0 Å². The van der Waals surface area contributed by atoms with Crippen LogP contribution in [-0.2, 0) is 9.53 Å². The Morgan fingerprint density at radius 3 is 2.50 bits per heavy atom. The predicted octanol–water partition coefficient (Wildman–Crippen LogP) is 2.29. The lowest BCUT2D eigenvalue weighted by Crippen LogP contribution is -2.42. The third kappa shape index (κ3) is 5.96. The normalized spacial score (nSPS) is 12.5. The molecule has 0 saturated heterocycles. The molecule has 0 aliphatic heterocycles. The Bertz CT molecular complexity index is 636. The van der Waals surface area contributed by atoms with Crippen LogP contribution in [0.4, 0.5) is 5.69 Å². The van der Waals surface area contributed by atoms with Gasteiger partial charge < -0.3 is 15.2 Å². The molecule has 8 heteroatoms. The summed E-state index contributed by atoms with van der Waals surface area (Å²) in [5, 5.41) is 22.4. The van der Waals surface area contributed by atoms with E-state index in [1.54, 1.807) is 6.92 Å². The van der Waals surface area contributed by atoms with E-state index < -0.39 is 28.4 Å². The van der Waals surface area contributed by atoms with Gasteiger partial charge in [-0.1, -0.05) is 6.07 Å². The third-order valence-corrected chi connectivity index (χ3v) is 3.22. The molecule has 1 aromatic carbocycles. The Labute approximate surface area is 140 Å². The molecule has 0 aliphatic carbocycles. The molecule has 1 aromatic rings. The summed E-state index contributed by atoms with van der Waals surface area (Å²) in [7, 11) is 0. The number of aryl methyl sites for hydroxylation is 1. The molecule has 0 radical (unpaired) electrons. The van der Waals surface area contributed by atoms with E-state index in [1.165, 1.54) is 12.1 Å². The van der Waals surface area contributed by atoms with E-state index in [0.29, 0.717) is 5.56 Å². The van der Waals surface area contributed by atoms with Crippen molar-refractivity contribution in [2.75, 3.05) is 6.61 Å². The molecule has 8 nitrogen and oxygen atoms in total. The van der Waals surface area contributed by atoms with Crippen LogP contribution in [-0.4, -0.2) is 40.2 Å². The van der Waals surface area contributed by atoms with Gasteiger partial charge in [-0.15, -0.1) is 0 Å². The fraction of sp³-hybridized carbons (Fsp3) is 0.500. The maximum absolute atomic E-state index is 12.3. The number of aliphatic carboxylic acids is 1. The molecule has 0 bridgehead atoms. The summed E-state index contributed by atoms with van der Waals surface area (Å²) in [5.41, 5.74) is -0.0435. The summed E-state index contributed by atoms with van der Waals surface area (Å²) >= 11 is 0. The monoisotopic (exact) mass is 338 g/mol. The lowest BCUT2D eigenvalue weighted by atomic mass is 10.1. The summed E-state index contributed by atoms with van der Waals surface area (Å²) < 4.78 is 5.47. The first-order valence-electron chi connectivity index (χ1n) is 7.44. The van der Waals surface area contributed by atoms with Gasteiger partial charge in [0, 0.05) is 30.7 Å². The van der Waals surface area contributed by atoms with E-state index >= 15 is 0 Å². The molecule has 24 heavy (non-hydrogen) atoms. The van der Waals surface area contributed by atoms with Gasteiger partial charge in [0.15, 0.2) is 0 Å². The Kier molecular flexibility index (Phi) is 6.42. The number of ether oxygens (including phenoxy) is 1. The second kappa shape index (κ2) is 7.87. The highest BCUT2D eigenvalue weighted by Crippen LogP contribution is 2.17. The molecular weight excluding hydrogens is 316 g/mol. The van der Waals surface area contributed by atoms with Crippen LogP contribution in [0.15, 0.2) is 18.2 Å². The molecule has 0 aliphatic rings. The number of nitrogens with one attached hydrogen (secondary N) is 1. The second-order valence-corrected chi connectivity index (χ2v) is 6.37. The topological polar surface area (TPSA) is 119 Å². The molecule has 0 saturated carbocycles. The minimum atomic E-state index is -1.19. The van der Waals surface area contributed by atoms with Crippen molar-refractivity contribution >= 4 is 17.6 Å². The van der Waals surface area contributed by atoms with Crippen LogP contribution in [0.5, 0.6) is 0 Å². The number of nitro benzene ring substituents is 1. The molecule has 1 amide bonds. The van der Waals surface area contributed by atoms with Crippen LogP contribution in [0, 0.1) is 17.0 Å². The predicted molar refractivity (Wildman–Crippen MR) is 87.0 cm³/mol. The van der Waals surface area contributed by atoms with Gasteiger partial charge in [-0.25, -0.2) is 4.79 Å². The number of carbonyl (C=O) groups excluding carboxylic acids is 1. The molecule has 2 N–H and O–H groups in total. The van der Waals surface area contributed by atoms with Crippen molar-refractivity contribution in [3.8, 4) is 0 Å². The van der Waals surface area contributed by atoms with Gasteiger partial charge in [0.1, 0.15) is 6.04 Å². The van der Waals surface area contributed by atoms with Crippen molar-refractivity contribution in [1.29, 1.82) is 0 Å². The number of hydrogen-bond acceptors (Lipinski definition) is 5. The summed E-state index contributed by atoms with van der Waals surface area (Å²) in [6.07, 6.45) is 0.0896. The first-order valence-corrected chi connectivity index (χ1v) is 7.44. The number of carboxylic acid groups (broad SMARTS) is 1. The molecular formula is C16H22N2O6. The van der Waals surface area contributed by atoms with Crippen LogP contribution < -0.4 is 5.32 Å². The highest BCUT2D eigenvalue weighted by Gasteiger charge is 2.23. The average molecular weight is 338 g/mol. The summed E-state index contributed by atoms with van der Waals surface area (Å²) in [6.45, 7) is 7.31. The molecule has 0 aromatic heterocycles. The molecule has 0 spiro atoms. The summed E-state index contributed by atoms with van der Waals surface area (Å²) in [4.78, 5) is 33.8. The van der Waals surface area contributed by atoms with Gasteiger partial charge in [0.05, 0.1) is 10.5 Å². The van der Waals surface area contributed by atoms with Crippen LogP contribution in [0.1, 0.15) is 43.1 Å². The lowest BCUT2D eigenvalue weighted by molar-refractivity contribution is -0.384. The lowest BCUT2D eigenvalue weighted by Gasteiger charge is -2.21. The zero-order chi connectivity index (χ0) is 18.5. The van der Waals surface area contributed by atoms with Crippen LogP contribution in [0.25, 0.3) is 0 Å². The highest BCUT2D eigenvalue weighted by atomic mass is 16.6. The van der Waals surface area contributed by atoms with Gasteiger partial charge >= 0.3 is 5.97 Å². The zero-order valence-electron chi connectivity index (χ0n) is 14.2.